The Hall–Kier alpha value is -4.97. The number of rotatable bonds is 7. The average Bonchev–Trinajstić information content (AvgIpc) is 3.40. The average molecular weight is 487 g/mol. The molecule has 6 nitrogen and oxygen atoms in total. The van der Waals surface area contributed by atoms with Gasteiger partial charge in [0.15, 0.2) is 5.69 Å². The summed E-state index contributed by atoms with van der Waals surface area (Å²) in [6, 6.07) is 35.7. The van der Waals surface area contributed by atoms with E-state index >= 15 is 0 Å². The van der Waals surface area contributed by atoms with Crippen LogP contribution >= 0.6 is 0 Å². The molecule has 1 aromatic heterocycles. The summed E-state index contributed by atoms with van der Waals surface area (Å²) in [7, 11) is 1.59. The third-order valence-electron chi connectivity index (χ3n) is 5.98. The maximum Gasteiger partial charge on any atom is 0.291 e. The molecule has 0 fully saturated rings. The number of nitrogens with one attached hydrogen (secondary N) is 1. The summed E-state index contributed by atoms with van der Waals surface area (Å²) in [5.74, 6) is 0.269. The van der Waals surface area contributed by atoms with Crippen molar-refractivity contribution in [3.8, 4) is 33.8 Å². The highest BCUT2D eigenvalue weighted by Gasteiger charge is 2.17. The number of benzene rings is 4. The number of nitrogens with zero attached hydrogens (tertiary/aromatic N) is 3. The largest absolute Gasteiger partial charge is 0.496 e. The number of carbonyl (C=O) groups is 1. The minimum Gasteiger partial charge on any atom is -0.496 e. The smallest absolute Gasteiger partial charge is 0.291 e. The minimum absolute atomic E-state index is 0.265. The van der Waals surface area contributed by atoms with E-state index in [1.165, 1.54) is 0 Å². The summed E-state index contributed by atoms with van der Waals surface area (Å²) in [5.41, 5.74) is 9.61. The molecule has 6 heteroatoms. The van der Waals surface area contributed by atoms with Crippen molar-refractivity contribution < 1.29 is 9.53 Å². The number of aromatic nitrogens is 2. The van der Waals surface area contributed by atoms with Crippen molar-refractivity contribution in [2.45, 2.75) is 6.92 Å². The lowest BCUT2D eigenvalue weighted by molar-refractivity contribution is 0.0949. The molecule has 4 aromatic carbocycles. The number of amides is 1. The van der Waals surface area contributed by atoms with Gasteiger partial charge in [0, 0.05) is 11.1 Å². The topological polar surface area (TPSA) is 68.5 Å². The molecule has 182 valence electrons. The minimum atomic E-state index is -0.403. The molecule has 5 rings (SSSR count). The van der Waals surface area contributed by atoms with Gasteiger partial charge in [-0.05, 0) is 53.9 Å². The van der Waals surface area contributed by atoms with Gasteiger partial charge < -0.3 is 4.74 Å². The zero-order valence-corrected chi connectivity index (χ0v) is 20.6. The number of para-hydroxylation sites is 1. The van der Waals surface area contributed by atoms with Gasteiger partial charge in [0.05, 0.1) is 24.7 Å². The van der Waals surface area contributed by atoms with Gasteiger partial charge in [-0.25, -0.2) is 10.1 Å². The Labute approximate surface area is 215 Å². The van der Waals surface area contributed by atoms with Crippen molar-refractivity contribution in [1.82, 2.24) is 15.2 Å². The summed E-state index contributed by atoms with van der Waals surface area (Å²) < 4.78 is 7.13. The number of ether oxygens (including phenoxy) is 1. The van der Waals surface area contributed by atoms with Crippen LogP contribution in [0.2, 0.25) is 0 Å². The maximum atomic E-state index is 13.0. The number of hydrogen-bond acceptors (Lipinski definition) is 4. The van der Waals surface area contributed by atoms with Crippen molar-refractivity contribution in [3.63, 3.8) is 0 Å². The van der Waals surface area contributed by atoms with Crippen LogP contribution < -0.4 is 10.2 Å². The molecule has 1 amide bonds. The number of methoxy groups -OCH3 is 1. The summed E-state index contributed by atoms with van der Waals surface area (Å²) in [4.78, 5) is 13.0. The first kappa shape index (κ1) is 23.8. The molecule has 1 N–H and O–H groups in total. The van der Waals surface area contributed by atoms with Gasteiger partial charge in [0.1, 0.15) is 5.75 Å². The van der Waals surface area contributed by atoms with Crippen LogP contribution in [0.25, 0.3) is 28.1 Å². The van der Waals surface area contributed by atoms with Crippen molar-refractivity contribution in [1.29, 1.82) is 0 Å². The molecule has 5 aromatic rings. The molecule has 1 heterocycles. The third-order valence-corrected chi connectivity index (χ3v) is 5.98. The predicted molar refractivity (Wildman–Crippen MR) is 147 cm³/mol. The van der Waals surface area contributed by atoms with Crippen LogP contribution in [-0.4, -0.2) is 29.0 Å². The molecule has 0 saturated heterocycles. The van der Waals surface area contributed by atoms with Gasteiger partial charge in [-0.2, -0.15) is 10.2 Å². The fraction of sp³-hybridized carbons (Fsp3) is 0.0645. The summed E-state index contributed by atoms with van der Waals surface area (Å²) in [6.45, 7) is 2.03. The first-order chi connectivity index (χ1) is 18.1. The zero-order valence-electron chi connectivity index (χ0n) is 20.6. The van der Waals surface area contributed by atoms with E-state index in [1.54, 1.807) is 24.1 Å². The Balaban J connectivity index is 1.46. The zero-order chi connectivity index (χ0) is 25.6. The van der Waals surface area contributed by atoms with Gasteiger partial charge in [0.25, 0.3) is 5.91 Å². The SMILES string of the molecule is COc1ccccc1/C=N\NC(=O)c1cc(-c2ccc(-c3ccccc3)cc2)n(-c2cccc(C)c2)n1. The molecule has 0 aliphatic carbocycles. The highest BCUT2D eigenvalue weighted by molar-refractivity contribution is 5.94. The van der Waals surface area contributed by atoms with E-state index in [2.05, 4.69) is 39.9 Å². The molecule has 0 saturated carbocycles. The van der Waals surface area contributed by atoms with Crippen molar-refractivity contribution in [2.75, 3.05) is 7.11 Å². The molecular weight excluding hydrogens is 460 g/mol. The van der Waals surface area contributed by atoms with Crippen LogP contribution in [-0.2, 0) is 0 Å². The van der Waals surface area contributed by atoms with E-state index in [-0.39, 0.29) is 5.69 Å². The second-order valence-electron chi connectivity index (χ2n) is 8.55. The summed E-state index contributed by atoms with van der Waals surface area (Å²) >= 11 is 0. The highest BCUT2D eigenvalue weighted by Crippen LogP contribution is 2.28. The number of aryl methyl sites for hydroxylation is 1. The molecule has 0 unspecified atom stereocenters. The van der Waals surface area contributed by atoms with E-state index in [4.69, 9.17) is 4.74 Å². The van der Waals surface area contributed by atoms with Crippen molar-refractivity contribution >= 4 is 12.1 Å². The fourth-order valence-electron chi connectivity index (χ4n) is 4.11. The van der Waals surface area contributed by atoms with Gasteiger partial charge in [-0.1, -0.05) is 78.9 Å². The Morgan fingerprint density at radius 2 is 1.54 bits per heavy atom. The van der Waals surface area contributed by atoms with E-state index in [1.807, 2.05) is 85.8 Å². The molecule has 37 heavy (non-hydrogen) atoms. The van der Waals surface area contributed by atoms with E-state index < -0.39 is 5.91 Å². The number of carbonyl (C=O) groups excluding carboxylic acids is 1. The van der Waals surface area contributed by atoms with Crippen LogP contribution in [0.15, 0.2) is 114 Å². The van der Waals surface area contributed by atoms with Crippen LogP contribution in [0.5, 0.6) is 5.75 Å². The van der Waals surface area contributed by atoms with Crippen LogP contribution in [0.1, 0.15) is 21.6 Å². The lowest BCUT2D eigenvalue weighted by Crippen LogP contribution is -2.18. The first-order valence-corrected chi connectivity index (χ1v) is 11.9. The van der Waals surface area contributed by atoms with Gasteiger partial charge in [-0.15, -0.1) is 0 Å². The molecule has 0 spiro atoms. The van der Waals surface area contributed by atoms with Crippen LogP contribution in [0.4, 0.5) is 0 Å². The summed E-state index contributed by atoms with van der Waals surface area (Å²) in [6.07, 6.45) is 1.55. The van der Waals surface area contributed by atoms with E-state index in [0.717, 1.165) is 39.2 Å². The Kier molecular flexibility index (Phi) is 6.90. The summed E-state index contributed by atoms with van der Waals surface area (Å²) in [5, 5.41) is 8.76. The third kappa shape index (κ3) is 5.33. The molecule has 0 aliphatic rings. The monoisotopic (exact) mass is 486 g/mol. The highest BCUT2D eigenvalue weighted by atomic mass is 16.5. The second-order valence-corrected chi connectivity index (χ2v) is 8.55. The van der Waals surface area contributed by atoms with Crippen molar-refractivity contribution in [3.05, 3.63) is 126 Å². The number of hydrazone groups is 1. The lowest BCUT2D eigenvalue weighted by Gasteiger charge is -2.09. The Bertz CT molecular complexity index is 1550. The molecule has 0 aliphatic heterocycles. The molecular formula is C31H26N4O2. The Morgan fingerprint density at radius 3 is 2.30 bits per heavy atom. The number of hydrogen-bond donors (Lipinski definition) is 1. The van der Waals surface area contributed by atoms with Gasteiger partial charge >= 0.3 is 0 Å². The van der Waals surface area contributed by atoms with Crippen LogP contribution in [0.3, 0.4) is 0 Å². The lowest BCUT2D eigenvalue weighted by atomic mass is 10.0. The van der Waals surface area contributed by atoms with E-state index in [9.17, 15) is 4.79 Å². The van der Waals surface area contributed by atoms with E-state index in [0.29, 0.717) is 5.75 Å². The Morgan fingerprint density at radius 1 is 0.838 bits per heavy atom. The van der Waals surface area contributed by atoms with Crippen LogP contribution in [0, 0.1) is 6.92 Å². The van der Waals surface area contributed by atoms with Crippen molar-refractivity contribution in [2.24, 2.45) is 5.10 Å². The maximum absolute atomic E-state index is 13.0. The first-order valence-electron chi connectivity index (χ1n) is 11.9. The fourth-order valence-corrected chi connectivity index (χ4v) is 4.11. The normalized spacial score (nSPS) is 11.0. The molecule has 0 radical (unpaired) electrons. The predicted octanol–water partition coefficient (Wildman–Crippen LogP) is 6.29. The quantitative estimate of drug-likeness (QED) is 0.217. The van der Waals surface area contributed by atoms with Gasteiger partial charge in [-0.3, -0.25) is 4.79 Å². The second kappa shape index (κ2) is 10.7. The van der Waals surface area contributed by atoms with Gasteiger partial charge in [0.2, 0.25) is 0 Å². The molecule has 0 atom stereocenters. The standard InChI is InChI=1S/C31H26N4O2/c1-22-9-8-13-27(19-22)35-29(25-17-15-24(16-18-25)23-10-4-3-5-11-23)20-28(34-35)31(36)33-32-21-26-12-6-7-14-30(26)37-2/h3-21H,1-2H3,(H,33,36)/b32-21-. The molecule has 0 bridgehead atoms.